The number of benzene rings is 1. The first kappa shape index (κ1) is 18.7. The second-order valence-corrected chi connectivity index (χ2v) is 9.41. The van der Waals surface area contributed by atoms with E-state index in [1.807, 2.05) is 6.92 Å². The van der Waals surface area contributed by atoms with Crippen molar-refractivity contribution < 1.29 is 9.00 Å². The van der Waals surface area contributed by atoms with Crippen LogP contribution in [0.15, 0.2) is 27.4 Å². The minimum atomic E-state index is -1.22. The molecule has 4 nitrogen and oxygen atoms in total. The summed E-state index contributed by atoms with van der Waals surface area (Å²) in [5, 5.41) is 0.962. The second-order valence-electron chi connectivity index (χ2n) is 4.60. The van der Waals surface area contributed by atoms with Crippen LogP contribution in [0.4, 0.5) is 0 Å². The number of carbonyl (C=O) groups is 1. The molecule has 0 spiro atoms. The van der Waals surface area contributed by atoms with Gasteiger partial charge < -0.3 is 5.73 Å². The summed E-state index contributed by atoms with van der Waals surface area (Å²) in [4.78, 5) is 16.8. The maximum absolute atomic E-state index is 12.3. The van der Waals surface area contributed by atoms with E-state index in [9.17, 15) is 9.00 Å². The molecule has 2 N–H and O–H groups in total. The number of amides is 1. The Kier molecular flexibility index (Phi) is 6.91. The lowest BCUT2D eigenvalue weighted by Crippen LogP contribution is -2.13. The van der Waals surface area contributed by atoms with E-state index in [1.54, 1.807) is 18.2 Å². The maximum Gasteiger partial charge on any atom is 0.222 e. The summed E-state index contributed by atoms with van der Waals surface area (Å²) in [6.07, 6.45) is 0.202. The molecule has 0 fully saturated rings. The fraction of sp³-hybridized carbons (Fsp3) is 0.286. The average molecular weight is 409 g/mol. The van der Waals surface area contributed by atoms with Gasteiger partial charge in [0.05, 0.1) is 32.8 Å². The molecule has 124 valence electrons. The van der Waals surface area contributed by atoms with E-state index in [1.165, 1.54) is 23.1 Å². The van der Waals surface area contributed by atoms with Crippen molar-refractivity contribution in [2.45, 2.75) is 22.6 Å². The van der Waals surface area contributed by atoms with Gasteiger partial charge in [-0.2, -0.15) is 0 Å². The van der Waals surface area contributed by atoms with Gasteiger partial charge in [0.25, 0.3) is 0 Å². The Bertz CT molecular complexity index is 750. The van der Waals surface area contributed by atoms with Crippen LogP contribution in [0.25, 0.3) is 0 Å². The predicted molar refractivity (Wildman–Crippen MR) is 98.2 cm³/mol. The van der Waals surface area contributed by atoms with Crippen molar-refractivity contribution in [3.05, 3.63) is 38.8 Å². The molecule has 0 aliphatic heterocycles. The second kappa shape index (κ2) is 8.48. The lowest BCUT2D eigenvalue weighted by Gasteiger charge is -2.04. The quantitative estimate of drug-likeness (QED) is 0.708. The molecule has 9 heteroatoms. The van der Waals surface area contributed by atoms with Crippen molar-refractivity contribution in [2.24, 2.45) is 5.73 Å². The molecule has 1 heterocycles. The van der Waals surface area contributed by atoms with Gasteiger partial charge in [-0.05, 0) is 25.1 Å². The van der Waals surface area contributed by atoms with Gasteiger partial charge in [0.15, 0.2) is 0 Å². The lowest BCUT2D eigenvalue weighted by molar-refractivity contribution is -0.117. The molecule has 2 rings (SSSR count). The molecule has 1 atom stereocenters. The Hall–Kier alpha value is -0.600. The van der Waals surface area contributed by atoms with Crippen LogP contribution >= 0.6 is 46.3 Å². The van der Waals surface area contributed by atoms with Crippen molar-refractivity contribution in [2.75, 3.05) is 11.5 Å². The van der Waals surface area contributed by atoms with Crippen LogP contribution < -0.4 is 5.73 Å². The Labute approximate surface area is 155 Å². The number of aryl methyl sites for hydroxylation is 1. The van der Waals surface area contributed by atoms with Crippen LogP contribution in [-0.2, 0) is 22.0 Å². The SMILES string of the molecule is Cc1nc(SCC[S@@](=O)c2cc(Cl)ccc2Cl)sc1CC(N)=O. The van der Waals surface area contributed by atoms with Gasteiger partial charge in [-0.3, -0.25) is 9.00 Å². The van der Waals surface area contributed by atoms with Crippen LogP contribution in [0.1, 0.15) is 10.6 Å². The van der Waals surface area contributed by atoms with Gasteiger partial charge >= 0.3 is 0 Å². The number of nitrogens with zero attached hydrogens (tertiary/aromatic N) is 1. The highest BCUT2D eigenvalue weighted by atomic mass is 35.5. The van der Waals surface area contributed by atoms with E-state index >= 15 is 0 Å². The third-order valence-corrected chi connectivity index (χ3v) is 7.48. The summed E-state index contributed by atoms with van der Waals surface area (Å²) in [6, 6.07) is 4.94. The number of aromatic nitrogens is 1. The monoisotopic (exact) mass is 408 g/mol. The molecule has 2 aromatic rings. The number of halogens is 2. The van der Waals surface area contributed by atoms with Gasteiger partial charge in [0, 0.05) is 21.4 Å². The van der Waals surface area contributed by atoms with Gasteiger partial charge in [-0.1, -0.05) is 35.0 Å². The maximum atomic E-state index is 12.3. The molecule has 1 amide bonds. The van der Waals surface area contributed by atoms with Crippen molar-refractivity contribution in [3.8, 4) is 0 Å². The normalized spacial score (nSPS) is 12.3. The van der Waals surface area contributed by atoms with E-state index < -0.39 is 10.8 Å². The summed E-state index contributed by atoms with van der Waals surface area (Å²) < 4.78 is 13.1. The van der Waals surface area contributed by atoms with E-state index in [4.69, 9.17) is 28.9 Å². The molecule has 0 saturated carbocycles. The first-order valence-corrected chi connectivity index (χ1v) is 10.5. The molecule has 1 aromatic heterocycles. The highest BCUT2D eigenvalue weighted by Gasteiger charge is 2.13. The van der Waals surface area contributed by atoms with Crippen molar-refractivity contribution in [3.63, 3.8) is 0 Å². The highest BCUT2D eigenvalue weighted by Crippen LogP contribution is 2.29. The highest BCUT2D eigenvalue weighted by molar-refractivity contribution is 8.01. The Morgan fingerprint density at radius 3 is 2.87 bits per heavy atom. The van der Waals surface area contributed by atoms with E-state index in [0.29, 0.717) is 26.4 Å². The molecule has 23 heavy (non-hydrogen) atoms. The minimum Gasteiger partial charge on any atom is -0.369 e. The molecule has 0 saturated heterocycles. The molecule has 0 unspecified atom stereocenters. The fourth-order valence-corrected chi connectivity index (χ4v) is 6.03. The number of primary amides is 1. The van der Waals surface area contributed by atoms with E-state index in [0.717, 1.165) is 14.9 Å². The molecule has 0 aliphatic rings. The molecule has 0 radical (unpaired) electrons. The van der Waals surface area contributed by atoms with Crippen molar-refractivity contribution >= 4 is 63.0 Å². The van der Waals surface area contributed by atoms with Crippen molar-refractivity contribution in [1.82, 2.24) is 4.98 Å². The fourth-order valence-electron chi connectivity index (χ4n) is 1.75. The van der Waals surface area contributed by atoms with Crippen LogP contribution in [0, 0.1) is 6.92 Å². The number of hydrogen-bond donors (Lipinski definition) is 1. The van der Waals surface area contributed by atoms with Gasteiger partial charge in [0.2, 0.25) is 5.91 Å². The average Bonchev–Trinajstić information content (AvgIpc) is 2.81. The van der Waals surface area contributed by atoms with Gasteiger partial charge in [-0.25, -0.2) is 4.98 Å². The molecular weight excluding hydrogens is 395 g/mol. The standard InChI is InChI=1S/C14H14Cl2N2O2S3/c1-8-11(7-13(17)19)22-14(18-8)21-4-5-23(20)12-6-9(15)2-3-10(12)16/h2-3,6H,4-5,7H2,1H3,(H2,17,19)/t23-/m1/s1. The van der Waals surface area contributed by atoms with Gasteiger partial charge in [0.1, 0.15) is 4.34 Å². The zero-order valence-electron chi connectivity index (χ0n) is 12.2. The van der Waals surface area contributed by atoms with Crippen LogP contribution in [-0.4, -0.2) is 26.6 Å². The number of carbonyl (C=O) groups excluding carboxylic acids is 1. The third-order valence-electron chi connectivity index (χ3n) is 2.84. The summed E-state index contributed by atoms with van der Waals surface area (Å²) in [5.41, 5.74) is 6.02. The largest absolute Gasteiger partial charge is 0.369 e. The minimum absolute atomic E-state index is 0.202. The Morgan fingerprint density at radius 2 is 2.17 bits per heavy atom. The number of thiazole rings is 1. The molecule has 0 aliphatic carbocycles. The zero-order valence-corrected chi connectivity index (χ0v) is 16.1. The Balaban J connectivity index is 1.93. The number of nitrogens with two attached hydrogens (primary N) is 1. The predicted octanol–water partition coefficient (Wildman–Crippen LogP) is 3.69. The van der Waals surface area contributed by atoms with Crippen LogP contribution in [0.2, 0.25) is 10.0 Å². The number of hydrogen-bond acceptors (Lipinski definition) is 5. The zero-order chi connectivity index (χ0) is 17.0. The van der Waals surface area contributed by atoms with Crippen LogP contribution in [0.3, 0.4) is 0 Å². The smallest absolute Gasteiger partial charge is 0.222 e. The lowest BCUT2D eigenvalue weighted by atomic mass is 10.3. The number of thioether (sulfide) groups is 1. The first-order valence-electron chi connectivity index (χ1n) is 6.57. The summed E-state index contributed by atoms with van der Waals surface area (Å²) >= 11 is 14.9. The van der Waals surface area contributed by atoms with E-state index in [2.05, 4.69) is 4.98 Å². The summed E-state index contributed by atoms with van der Waals surface area (Å²) in [7, 11) is -1.22. The molecule has 0 bridgehead atoms. The van der Waals surface area contributed by atoms with Crippen molar-refractivity contribution in [1.29, 1.82) is 0 Å². The topological polar surface area (TPSA) is 73.1 Å². The Morgan fingerprint density at radius 1 is 1.43 bits per heavy atom. The van der Waals surface area contributed by atoms with E-state index in [-0.39, 0.29) is 12.3 Å². The third kappa shape index (κ3) is 5.46. The number of rotatable bonds is 7. The first-order chi connectivity index (χ1) is 10.9. The summed E-state index contributed by atoms with van der Waals surface area (Å²) in [5.74, 6) is 0.692. The summed E-state index contributed by atoms with van der Waals surface area (Å²) in [6.45, 7) is 1.85. The van der Waals surface area contributed by atoms with Gasteiger partial charge in [-0.15, -0.1) is 11.3 Å². The molecular formula is C14H14Cl2N2O2S3. The molecule has 1 aromatic carbocycles. The van der Waals surface area contributed by atoms with Crippen LogP contribution in [0.5, 0.6) is 0 Å².